The second kappa shape index (κ2) is 4.61. The van der Waals surface area contributed by atoms with Gasteiger partial charge in [-0.25, -0.2) is 0 Å². The Labute approximate surface area is 93.3 Å². The van der Waals surface area contributed by atoms with E-state index >= 15 is 0 Å². The Morgan fingerprint density at radius 2 is 1.94 bits per heavy atom. The van der Waals surface area contributed by atoms with Crippen molar-refractivity contribution in [2.45, 2.75) is 6.92 Å². The molecule has 0 fully saturated rings. The van der Waals surface area contributed by atoms with Crippen LogP contribution in [0, 0.1) is 5.21 Å². The highest BCUT2D eigenvalue weighted by molar-refractivity contribution is 5.90. The molecule has 2 aromatic rings. The third-order valence-electron chi connectivity index (χ3n) is 2.23. The van der Waals surface area contributed by atoms with Crippen molar-refractivity contribution in [1.82, 2.24) is 0 Å². The quantitative estimate of drug-likeness (QED) is 0.448. The maximum atomic E-state index is 11.6. The number of nitrogens with zero attached hydrogens (tertiary/aromatic N) is 2. The lowest BCUT2D eigenvalue weighted by Gasteiger charge is -2.02. The Bertz CT molecular complexity index is 518. The lowest BCUT2D eigenvalue weighted by atomic mass is 10.1. The molecular weight excluding hydrogens is 204 g/mol. The lowest BCUT2D eigenvalue weighted by molar-refractivity contribution is -0.477. The van der Waals surface area contributed by atoms with Crippen LogP contribution < -0.4 is 0 Å². The molecule has 0 atom stereocenters. The zero-order chi connectivity index (χ0) is 11.4. The summed E-state index contributed by atoms with van der Waals surface area (Å²) in [5.74, 6) is 0. The van der Waals surface area contributed by atoms with Crippen molar-refractivity contribution < 1.29 is 9.70 Å². The standard InChI is InChI=1S/C12H12N2O2/c1-2-16-13-14(15)12-9-5-7-10-6-3-4-8-11(10)12/h3-9H,2H2,1H3/b14-13-. The molecule has 0 aliphatic rings. The first kappa shape index (κ1) is 10.4. The van der Waals surface area contributed by atoms with Gasteiger partial charge in [-0.1, -0.05) is 30.3 Å². The zero-order valence-electron chi connectivity index (χ0n) is 8.96. The Morgan fingerprint density at radius 1 is 1.19 bits per heavy atom. The molecule has 0 radical (unpaired) electrons. The van der Waals surface area contributed by atoms with E-state index in [2.05, 4.69) is 5.28 Å². The smallest absolute Gasteiger partial charge is 0.256 e. The summed E-state index contributed by atoms with van der Waals surface area (Å²) >= 11 is 0. The zero-order valence-corrected chi connectivity index (χ0v) is 8.96. The van der Waals surface area contributed by atoms with Gasteiger partial charge in [-0.3, -0.25) is 0 Å². The van der Waals surface area contributed by atoms with E-state index in [1.54, 1.807) is 13.0 Å². The Morgan fingerprint density at radius 3 is 2.75 bits per heavy atom. The summed E-state index contributed by atoms with van der Waals surface area (Å²) < 4.78 is 0. The predicted molar refractivity (Wildman–Crippen MR) is 61.3 cm³/mol. The van der Waals surface area contributed by atoms with E-state index in [9.17, 15) is 5.21 Å². The average Bonchev–Trinajstić information content (AvgIpc) is 2.35. The fraction of sp³-hybridized carbons (Fsp3) is 0.167. The Hall–Kier alpha value is -2.10. The molecule has 0 aliphatic heterocycles. The number of rotatable bonds is 3. The molecule has 4 heteroatoms. The summed E-state index contributed by atoms with van der Waals surface area (Å²) in [5, 5.41) is 17.0. The van der Waals surface area contributed by atoms with Gasteiger partial charge in [-0.15, -0.1) is 0 Å². The molecule has 82 valence electrons. The van der Waals surface area contributed by atoms with Crippen LogP contribution in [-0.4, -0.2) is 11.5 Å². The molecular formula is C12H12N2O2. The van der Waals surface area contributed by atoms with Crippen molar-refractivity contribution in [3.05, 3.63) is 47.7 Å². The van der Waals surface area contributed by atoms with Crippen LogP contribution in [0.3, 0.4) is 0 Å². The Balaban J connectivity index is 2.52. The van der Waals surface area contributed by atoms with Gasteiger partial charge in [0.05, 0.1) is 5.39 Å². The van der Waals surface area contributed by atoms with E-state index in [4.69, 9.17) is 4.84 Å². The van der Waals surface area contributed by atoms with Gasteiger partial charge in [0.15, 0.2) is 0 Å². The first-order chi connectivity index (χ1) is 7.83. The molecule has 0 bridgehead atoms. The monoisotopic (exact) mass is 216 g/mol. The van der Waals surface area contributed by atoms with Gasteiger partial charge in [0.1, 0.15) is 6.61 Å². The van der Waals surface area contributed by atoms with E-state index < -0.39 is 0 Å². The minimum absolute atomic E-state index is 0.378. The van der Waals surface area contributed by atoms with Gasteiger partial charge < -0.3 is 10.0 Å². The highest BCUT2D eigenvalue weighted by Gasteiger charge is 2.08. The van der Waals surface area contributed by atoms with Crippen LogP contribution in [0.4, 0.5) is 5.69 Å². The number of fused-ring (bicyclic) bond motifs is 1. The van der Waals surface area contributed by atoms with Crippen LogP contribution in [0.5, 0.6) is 0 Å². The maximum Gasteiger partial charge on any atom is 0.256 e. The molecule has 16 heavy (non-hydrogen) atoms. The fourth-order valence-corrected chi connectivity index (χ4v) is 1.53. The summed E-state index contributed by atoms with van der Waals surface area (Å²) in [6.07, 6.45) is 0. The molecule has 2 rings (SSSR count). The summed E-state index contributed by atoms with van der Waals surface area (Å²) in [6, 6.07) is 13.2. The molecule has 0 aromatic heterocycles. The molecule has 0 saturated heterocycles. The molecule has 0 amide bonds. The second-order valence-electron chi connectivity index (χ2n) is 3.27. The summed E-state index contributed by atoms with van der Waals surface area (Å²) in [4.78, 5) is 5.24. The van der Waals surface area contributed by atoms with Crippen LogP contribution in [0.25, 0.3) is 10.8 Å². The summed E-state index contributed by atoms with van der Waals surface area (Å²) in [6.45, 7) is 2.16. The molecule has 0 unspecified atom stereocenters. The molecule has 0 heterocycles. The third-order valence-corrected chi connectivity index (χ3v) is 2.23. The van der Waals surface area contributed by atoms with Crippen molar-refractivity contribution >= 4 is 16.5 Å². The molecule has 0 spiro atoms. The highest BCUT2D eigenvalue weighted by atomic mass is 16.7. The summed E-state index contributed by atoms with van der Waals surface area (Å²) in [5.41, 5.74) is 0.492. The third kappa shape index (κ3) is 1.95. The maximum absolute atomic E-state index is 11.6. The lowest BCUT2D eigenvalue weighted by Crippen LogP contribution is -1.94. The van der Waals surface area contributed by atoms with E-state index in [1.165, 1.54) is 0 Å². The van der Waals surface area contributed by atoms with Crippen LogP contribution in [0.1, 0.15) is 6.92 Å². The van der Waals surface area contributed by atoms with Crippen LogP contribution in [0.15, 0.2) is 47.7 Å². The van der Waals surface area contributed by atoms with Crippen molar-refractivity contribution in [2.24, 2.45) is 5.28 Å². The SMILES string of the molecule is CCO/N=[N+](\[O-])c1cccc2ccccc12. The van der Waals surface area contributed by atoms with E-state index in [0.717, 1.165) is 10.8 Å². The summed E-state index contributed by atoms with van der Waals surface area (Å²) in [7, 11) is 0. The van der Waals surface area contributed by atoms with Gasteiger partial charge >= 0.3 is 0 Å². The predicted octanol–water partition coefficient (Wildman–Crippen LogP) is 3.39. The minimum Gasteiger partial charge on any atom is -0.592 e. The minimum atomic E-state index is 0.378. The molecule has 2 aromatic carbocycles. The molecule has 0 N–H and O–H groups in total. The van der Waals surface area contributed by atoms with Crippen LogP contribution in [-0.2, 0) is 4.84 Å². The fourth-order valence-electron chi connectivity index (χ4n) is 1.53. The average molecular weight is 216 g/mol. The largest absolute Gasteiger partial charge is 0.592 e. The first-order valence-corrected chi connectivity index (χ1v) is 5.11. The highest BCUT2D eigenvalue weighted by Crippen LogP contribution is 2.25. The number of benzene rings is 2. The van der Waals surface area contributed by atoms with E-state index in [1.807, 2.05) is 36.4 Å². The molecule has 0 aliphatic carbocycles. The van der Waals surface area contributed by atoms with Crippen molar-refractivity contribution in [1.29, 1.82) is 0 Å². The van der Waals surface area contributed by atoms with Crippen LogP contribution in [0.2, 0.25) is 0 Å². The topological polar surface area (TPSA) is 47.7 Å². The van der Waals surface area contributed by atoms with Crippen LogP contribution >= 0.6 is 0 Å². The van der Waals surface area contributed by atoms with Gasteiger partial charge in [-0.05, 0) is 23.2 Å². The normalized spacial score (nSPS) is 11.7. The van der Waals surface area contributed by atoms with Gasteiger partial charge in [0, 0.05) is 6.07 Å². The van der Waals surface area contributed by atoms with Crippen molar-refractivity contribution in [2.75, 3.05) is 6.61 Å². The van der Waals surface area contributed by atoms with E-state index in [0.29, 0.717) is 17.2 Å². The number of hydrogen-bond donors (Lipinski definition) is 0. The molecule has 4 nitrogen and oxygen atoms in total. The van der Waals surface area contributed by atoms with Crippen molar-refractivity contribution in [3.8, 4) is 0 Å². The first-order valence-electron chi connectivity index (χ1n) is 5.11. The van der Waals surface area contributed by atoms with Gasteiger partial charge in [0.25, 0.3) is 5.69 Å². The van der Waals surface area contributed by atoms with E-state index in [-0.39, 0.29) is 0 Å². The second-order valence-corrected chi connectivity index (χ2v) is 3.27. The molecule has 0 saturated carbocycles. The number of hydrogen-bond acceptors (Lipinski definition) is 3. The van der Waals surface area contributed by atoms with Crippen molar-refractivity contribution in [3.63, 3.8) is 0 Å². The van der Waals surface area contributed by atoms with Gasteiger partial charge in [0.2, 0.25) is 5.28 Å². The Kier molecular flexibility index (Phi) is 3.00. The van der Waals surface area contributed by atoms with Gasteiger partial charge in [-0.2, -0.15) is 0 Å².